The first-order valence-electron chi connectivity index (χ1n) is 6.86. The van der Waals surface area contributed by atoms with E-state index in [-0.39, 0.29) is 12.2 Å². The van der Waals surface area contributed by atoms with E-state index in [0.29, 0.717) is 23.3 Å². The number of rotatable bonds is 6. The number of carboxylic acids is 1. The highest BCUT2D eigenvalue weighted by Gasteiger charge is 2.31. The third-order valence-electron chi connectivity index (χ3n) is 3.45. The summed E-state index contributed by atoms with van der Waals surface area (Å²) in [6, 6.07) is 5.51. The van der Waals surface area contributed by atoms with Crippen molar-refractivity contribution in [3.05, 3.63) is 30.0 Å². The van der Waals surface area contributed by atoms with E-state index in [0.717, 1.165) is 5.52 Å². The molecule has 1 aromatic carbocycles. The van der Waals surface area contributed by atoms with Gasteiger partial charge in [0.05, 0.1) is 17.4 Å². The van der Waals surface area contributed by atoms with E-state index in [1.54, 1.807) is 26.1 Å². The predicted octanol–water partition coefficient (Wildman–Crippen LogP) is 3.25. The van der Waals surface area contributed by atoms with Crippen LogP contribution in [0.1, 0.15) is 37.6 Å². The summed E-state index contributed by atoms with van der Waals surface area (Å²) in [5.41, 5.74) is 0.183. The number of fused-ring (bicyclic) bond motifs is 1. The lowest BCUT2D eigenvalue weighted by Gasteiger charge is -2.17. The average molecular weight is 289 g/mol. The van der Waals surface area contributed by atoms with E-state index in [1.807, 2.05) is 19.1 Å². The molecule has 0 saturated carbocycles. The molecule has 5 heteroatoms. The minimum absolute atomic E-state index is 0.0598. The van der Waals surface area contributed by atoms with Crippen LogP contribution in [0.2, 0.25) is 0 Å². The molecule has 0 aliphatic rings. The molecule has 0 aliphatic carbocycles. The molecule has 2 N–H and O–H groups in total. The molecule has 1 aromatic heterocycles. The molecule has 21 heavy (non-hydrogen) atoms. The zero-order chi connectivity index (χ0) is 15.6. The van der Waals surface area contributed by atoms with Crippen LogP contribution in [-0.4, -0.2) is 28.4 Å². The van der Waals surface area contributed by atoms with Crippen molar-refractivity contribution >= 4 is 22.7 Å². The van der Waals surface area contributed by atoms with Gasteiger partial charge in [0.2, 0.25) is 0 Å². The fourth-order valence-corrected chi connectivity index (χ4v) is 2.22. The molecule has 0 amide bonds. The smallest absolute Gasteiger partial charge is 0.309 e. The minimum atomic E-state index is -1.10. The lowest BCUT2D eigenvalue weighted by atomic mass is 9.85. The number of aliphatic carboxylic acids is 1. The van der Waals surface area contributed by atoms with Crippen LogP contribution in [0.3, 0.4) is 0 Å². The SMILES string of the molecule is CCOc1cccc2[nH]cc(C(=O)CC(C)(C)C(=O)O)c12. The lowest BCUT2D eigenvalue weighted by Crippen LogP contribution is -2.26. The highest BCUT2D eigenvalue weighted by molar-refractivity contribution is 6.10. The Hall–Kier alpha value is -2.30. The predicted molar refractivity (Wildman–Crippen MR) is 79.8 cm³/mol. The first-order chi connectivity index (χ1) is 9.86. The Balaban J connectivity index is 2.42. The van der Waals surface area contributed by atoms with E-state index in [2.05, 4.69) is 4.98 Å². The topological polar surface area (TPSA) is 79.4 Å². The number of hydrogen-bond acceptors (Lipinski definition) is 3. The fraction of sp³-hybridized carbons (Fsp3) is 0.375. The molecule has 0 bridgehead atoms. The van der Waals surface area contributed by atoms with E-state index in [1.165, 1.54) is 0 Å². The maximum atomic E-state index is 12.5. The average Bonchev–Trinajstić information content (AvgIpc) is 2.83. The van der Waals surface area contributed by atoms with Gasteiger partial charge in [-0.1, -0.05) is 6.07 Å². The van der Waals surface area contributed by atoms with Crippen molar-refractivity contribution in [1.82, 2.24) is 4.98 Å². The molecular weight excluding hydrogens is 270 g/mol. The van der Waals surface area contributed by atoms with Crippen LogP contribution in [-0.2, 0) is 4.79 Å². The van der Waals surface area contributed by atoms with Crippen LogP contribution >= 0.6 is 0 Å². The van der Waals surface area contributed by atoms with E-state index in [9.17, 15) is 9.59 Å². The van der Waals surface area contributed by atoms with Crippen molar-refractivity contribution in [2.24, 2.45) is 5.41 Å². The van der Waals surface area contributed by atoms with Gasteiger partial charge in [0, 0.05) is 23.7 Å². The van der Waals surface area contributed by atoms with Crippen molar-refractivity contribution in [3.63, 3.8) is 0 Å². The van der Waals surface area contributed by atoms with Gasteiger partial charge in [-0.3, -0.25) is 9.59 Å². The van der Waals surface area contributed by atoms with Gasteiger partial charge in [-0.15, -0.1) is 0 Å². The number of carbonyl (C=O) groups excluding carboxylic acids is 1. The van der Waals surface area contributed by atoms with Gasteiger partial charge < -0.3 is 14.8 Å². The Morgan fingerprint density at radius 1 is 1.33 bits per heavy atom. The van der Waals surface area contributed by atoms with Crippen molar-refractivity contribution < 1.29 is 19.4 Å². The Labute approximate surface area is 122 Å². The van der Waals surface area contributed by atoms with E-state index in [4.69, 9.17) is 9.84 Å². The molecule has 5 nitrogen and oxygen atoms in total. The Bertz CT molecular complexity index is 685. The van der Waals surface area contributed by atoms with Gasteiger partial charge in [-0.2, -0.15) is 0 Å². The molecule has 1 heterocycles. The van der Waals surface area contributed by atoms with Gasteiger partial charge in [-0.25, -0.2) is 0 Å². The van der Waals surface area contributed by atoms with Crippen LogP contribution in [0.25, 0.3) is 10.9 Å². The van der Waals surface area contributed by atoms with Crippen LogP contribution in [0.15, 0.2) is 24.4 Å². The number of hydrogen-bond donors (Lipinski definition) is 2. The number of H-pyrrole nitrogens is 1. The molecule has 0 aliphatic heterocycles. The first-order valence-corrected chi connectivity index (χ1v) is 6.86. The van der Waals surface area contributed by atoms with Gasteiger partial charge in [0.15, 0.2) is 5.78 Å². The fourth-order valence-electron chi connectivity index (χ4n) is 2.22. The lowest BCUT2D eigenvalue weighted by molar-refractivity contribution is -0.146. The number of Topliss-reactive ketones (excluding diaryl/α,β-unsaturated/α-hetero) is 1. The van der Waals surface area contributed by atoms with Crippen LogP contribution in [0.5, 0.6) is 5.75 Å². The quantitative estimate of drug-likeness (QED) is 0.800. The maximum absolute atomic E-state index is 12.5. The van der Waals surface area contributed by atoms with Crippen molar-refractivity contribution in [1.29, 1.82) is 0 Å². The third-order valence-corrected chi connectivity index (χ3v) is 3.45. The summed E-state index contributed by atoms with van der Waals surface area (Å²) in [5, 5.41) is 9.87. The van der Waals surface area contributed by atoms with Gasteiger partial charge in [-0.05, 0) is 32.9 Å². The largest absolute Gasteiger partial charge is 0.493 e. The van der Waals surface area contributed by atoms with Crippen molar-refractivity contribution in [3.8, 4) is 5.75 Å². The summed E-state index contributed by atoms with van der Waals surface area (Å²) in [5.74, 6) is -0.561. The highest BCUT2D eigenvalue weighted by atomic mass is 16.5. The molecule has 0 fully saturated rings. The normalized spacial score (nSPS) is 11.6. The second-order valence-electron chi connectivity index (χ2n) is 5.60. The molecule has 112 valence electrons. The standard InChI is InChI=1S/C16H19NO4/c1-4-21-13-7-5-6-11-14(13)10(9-17-11)12(18)8-16(2,3)15(19)20/h5-7,9,17H,4,8H2,1-3H3,(H,19,20). The summed E-state index contributed by atoms with van der Waals surface area (Å²) >= 11 is 0. The van der Waals surface area contributed by atoms with Gasteiger partial charge in [0.25, 0.3) is 0 Å². The molecule has 0 unspecified atom stereocenters. The monoisotopic (exact) mass is 289 g/mol. The number of aromatic amines is 1. The highest BCUT2D eigenvalue weighted by Crippen LogP contribution is 2.32. The Morgan fingerprint density at radius 2 is 2.05 bits per heavy atom. The Morgan fingerprint density at radius 3 is 2.67 bits per heavy atom. The zero-order valence-electron chi connectivity index (χ0n) is 12.4. The number of carboxylic acid groups (broad SMARTS) is 1. The summed E-state index contributed by atoms with van der Waals surface area (Å²) in [7, 11) is 0. The number of nitrogens with one attached hydrogen (secondary N) is 1. The van der Waals surface area contributed by atoms with Crippen molar-refractivity contribution in [2.75, 3.05) is 6.61 Å². The summed E-state index contributed by atoms with van der Waals surface area (Å²) < 4.78 is 5.56. The summed E-state index contributed by atoms with van der Waals surface area (Å²) in [6.07, 6.45) is 1.56. The van der Waals surface area contributed by atoms with E-state index < -0.39 is 11.4 Å². The number of ketones is 1. The maximum Gasteiger partial charge on any atom is 0.309 e. The second kappa shape index (κ2) is 5.60. The molecule has 0 atom stereocenters. The van der Waals surface area contributed by atoms with Crippen LogP contribution in [0.4, 0.5) is 0 Å². The Kier molecular flexibility index (Phi) is 4.02. The van der Waals surface area contributed by atoms with Crippen molar-refractivity contribution in [2.45, 2.75) is 27.2 Å². The molecule has 0 radical (unpaired) electrons. The molecule has 0 spiro atoms. The number of carbonyl (C=O) groups is 2. The molecule has 2 rings (SSSR count). The van der Waals surface area contributed by atoms with E-state index >= 15 is 0 Å². The van der Waals surface area contributed by atoms with Crippen LogP contribution in [0, 0.1) is 5.41 Å². The number of benzene rings is 1. The summed E-state index contributed by atoms with van der Waals surface area (Å²) in [6.45, 7) is 5.47. The minimum Gasteiger partial charge on any atom is -0.493 e. The second-order valence-corrected chi connectivity index (χ2v) is 5.60. The summed E-state index contributed by atoms with van der Waals surface area (Å²) in [4.78, 5) is 26.7. The van der Waals surface area contributed by atoms with Crippen LogP contribution < -0.4 is 4.74 Å². The number of ether oxygens (including phenoxy) is 1. The third kappa shape index (κ3) is 2.91. The number of aromatic nitrogens is 1. The first kappa shape index (κ1) is 15.1. The molecule has 0 saturated heterocycles. The molecular formula is C16H19NO4. The zero-order valence-corrected chi connectivity index (χ0v) is 12.4. The van der Waals surface area contributed by atoms with Gasteiger partial charge >= 0.3 is 5.97 Å². The molecule has 2 aromatic rings. The van der Waals surface area contributed by atoms with Gasteiger partial charge in [0.1, 0.15) is 5.75 Å².